The van der Waals surface area contributed by atoms with Gasteiger partial charge in [-0.1, -0.05) is 103 Å². The maximum Gasteiger partial charge on any atom is 0.408 e. The van der Waals surface area contributed by atoms with Crippen molar-refractivity contribution >= 4 is 52.0 Å². The number of rotatable bonds is 7. The molecule has 3 aliphatic heterocycles. The minimum atomic E-state index is -0.915. The molecule has 2 fully saturated rings. The topological polar surface area (TPSA) is 114 Å². The van der Waals surface area contributed by atoms with Gasteiger partial charge in [0.2, 0.25) is 5.91 Å². The largest absolute Gasteiger partial charge is 0.448 e. The second kappa shape index (κ2) is 13.5. The number of nitrogens with zero attached hydrogens (tertiary/aromatic N) is 1. The third kappa shape index (κ3) is 6.38. The Labute approximate surface area is 294 Å². The summed E-state index contributed by atoms with van der Waals surface area (Å²) in [5.41, 5.74) is 3.30. The van der Waals surface area contributed by atoms with Gasteiger partial charge in [0.25, 0.3) is 5.91 Å². The molecule has 0 aliphatic carbocycles. The van der Waals surface area contributed by atoms with Gasteiger partial charge in [-0.25, -0.2) is 9.59 Å². The van der Waals surface area contributed by atoms with E-state index in [1.165, 1.54) is 16.7 Å². The van der Waals surface area contributed by atoms with Crippen molar-refractivity contribution in [3.63, 3.8) is 0 Å². The normalized spacial score (nSPS) is 19.9. The van der Waals surface area contributed by atoms with Gasteiger partial charge in [0.1, 0.15) is 22.7 Å². The van der Waals surface area contributed by atoms with Gasteiger partial charge in [0.15, 0.2) is 6.10 Å². The molecule has 0 saturated carbocycles. The molecule has 0 spiro atoms. The van der Waals surface area contributed by atoms with Gasteiger partial charge in [-0.05, 0) is 60.2 Å². The number of hydrogen-bond acceptors (Lipinski definition) is 7. The van der Waals surface area contributed by atoms with E-state index in [0.717, 1.165) is 27.5 Å². The number of β-lactam (4-membered cyclic amide) rings is 1. The average Bonchev–Trinajstić information content (AvgIpc) is 3.54. The number of fused-ring (bicyclic) bond motifs is 2. The van der Waals surface area contributed by atoms with Gasteiger partial charge in [0.05, 0.1) is 0 Å². The second-order valence-corrected chi connectivity index (χ2v) is 14.5. The van der Waals surface area contributed by atoms with E-state index >= 15 is 0 Å². The smallest absolute Gasteiger partial charge is 0.408 e. The third-order valence-electron chi connectivity index (χ3n) is 8.86. The molecule has 0 aromatic heterocycles. The van der Waals surface area contributed by atoms with E-state index in [1.54, 1.807) is 20.8 Å². The summed E-state index contributed by atoms with van der Waals surface area (Å²) >= 11 is 1.42. The van der Waals surface area contributed by atoms with E-state index in [1.807, 2.05) is 103 Å². The molecule has 0 radical (unpaired) electrons. The Balaban J connectivity index is 1.38. The number of thioether (sulfide) groups is 1. The first-order chi connectivity index (χ1) is 24.1. The minimum Gasteiger partial charge on any atom is -0.448 e. The van der Waals surface area contributed by atoms with Crippen molar-refractivity contribution in [2.45, 2.75) is 50.3 Å². The second-order valence-electron chi connectivity index (χ2n) is 13.4. The van der Waals surface area contributed by atoms with Gasteiger partial charge in [-0.2, -0.15) is 0 Å². The van der Waals surface area contributed by atoms with Crippen molar-refractivity contribution in [1.29, 1.82) is 0 Å². The van der Waals surface area contributed by atoms with Gasteiger partial charge >= 0.3 is 12.1 Å². The summed E-state index contributed by atoms with van der Waals surface area (Å²) in [5.74, 6) is -1.11. The van der Waals surface area contributed by atoms with Crippen LogP contribution in [0.3, 0.4) is 0 Å². The van der Waals surface area contributed by atoms with Gasteiger partial charge in [-0.15, -0.1) is 11.8 Å². The predicted octanol–water partition coefficient (Wildman–Crippen LogP) is 6.51. The Kier molecular flexibility index (Phi) is 8.96. The van der Waals surface area contributed by atoms with Crippen LogP contribution in [0.2, 0.25) is 0 Å². The van der Waals surface area contributed by atoms with E-state index in [4.69, 9.17) is 9.47 Å². The highest BCUT2D eigenvalue weighted by Crippen LogP contribution is 2.47. The SMILES string of the molecule is CC(C)(C)OC(=O)N[C@@H]1C(=O)N2C(C(=O)OC(c3ccccc3)c3ccccc3)=C(C(=C3CCNC3=O)c3cccc4ccccc34)CS[C@H]12. The number of hydrogen-bond donors (Lipinski definition) is 2. The summed E-state index contributed by atoms with van der Waals surface area (Å²) < 4.78 is 11.9. The minimum absolute atomic E-state index is 0.0629. The standard InChI is InChI=1S/C40H37N3O6S/c1-40(2,3)49-39(47)42-32-36(45)43-33(38(46)48-34(25-14-6-4-7-15-25)26-16-8-5-9-17-26)30(23-50-37(32)43)31(29-21-22-41-35(29)44)28-20-12-18-24-13-10-11-19-27(24)28/h4-20,32,34,37H,21-23H2,1-3H3,(H,41,44)(H,42,47)/t32-,37-/m1/s1. The number of nitrogens with one attached hydrogen (secondary N) is 2. The lowest BCUT2D eigenvalue weighted by Crippen LogP contribution is -2.70. The predicted molar refractivity (Wildman–Crippen MR) is 193 cm³/mol. The maximum absolute atomic E-state index is 14.8. The Bertz CT molecular complexity index is 2010. The number of esters is 1. The number of allylic oxidation sites excluding steroid dienone is 1. The molecule has 4 aromatic carbocycles. The highest BCUT2D eigenvalue weighted by Gasteiger charge is 2.55. The Morgan fingerprint density at radius 1 is 0.880 bits per heavy atom. The van der Waals surface area contributed by atoms with Crippen LogP contribution in [0.15, 0.2) is 120 Å². The van der Waals surface area contributed by atoms with Crippen LogP contribution < -0.4 is 10.6 Å². The molecular formula is C40H37N3O6S. The zero-order chi connectivity index (χ0) is 35.0. The van der Waals surface area contributed by atoms with Crippen LogP contribution in [0.5, 0.6) is 0 Å². The molecule has 4 aromatic rings. The lowest BCUT2D eigenvalue weighted by atomic mass is 9.87. The molecule has 3 amide bonds. The van der Waals surface area contributed by atoms with Gasteiger partial charge in [0, 0.05) is 23.4 Å². The van der Waals surface area contributed by atoms with Crippen LogP contribution >= 0.6 is 11.8 Å². The van der Waals surface area contributed by atoms with E-state index in [2.05, 4.69) is 10.6 Å². The number of alkyl carbamates (subject to hydrolysis) is 1. The summed E-state index contributed by atoms with van der Waals surface area (Å²) in [5, 5.41) is 6.94. The summed E-state index contributed by atoms with van der Waals surface area (Å²) in [7, 11) is 0. The monoisotopic (exact) mass is 687 g/mol. The molecule has 0 bridgehead atoms. The Morgan fingerprint density at radius 2 is 1.52 bits per heavy atom. The summed E-state index contributed by atoms with van der Waals surface area (Å²) in [4.78, 5) is 56.5. The molecule has 9 nitrogen and oxygen atoms in total. The molecule has 2 saturated heterocycles. The van der Waals surface area contributed by atoms with E-state index in [0.29, 0.717) is 29.7 Å². The van der Waals surface area contributed by atoms with Crippen molar-refractivity contribution in [3.05, 3.63) is 137 Å². The molecule has 3 aliphatic rings. The first-order valence-corrected chi connectivity index (χ1v) is 17.6. The molecule has 50 heavy (non-hydrogen) atoms. The fourth-order valence-electron chi connectivity index (χ4n) is 6.69. The zero-order valence-corrected chi connectivity index (χ0v) is 28.8. The van der Waals surface area contributed by atoms with Crippen LogP contribution in [0.25, 0.3) is 16.3 Å². The Morgan fingerprint density at radius 3 is 2.16 bits per heavy atom. The summed E-state index contributed by atoms with van der Waals surface area (Å²) in [6.45, 7) is 5.70. The van der Waals surface area contributed by atoms with Crippen molar-refractivity contribution in [3.8, 4) is 0 Å². The molecule has 2 atom stereocenters. The number of ether oxygens (including phenoxy) is 2. The van der Waals surface area contributed by atoms with Crippen LogP contribution in [0.1, 0.15) is 50.0 Å². The average molecular weight is 688 g/mol. The molecule has 0 unspecified atom stereocenters. The third-order valence-corrected chi connectivity index (χ3v) is 10.1. The molecule has 2 N–H and O–H groups in total. The molecule has 254 valence electrons. The van der Waals surface area contributed by atoms with E-state index in [-0.39, 0.29) is 17.4 Å². The molecule has 3 heterocycles. The number of benzene rings is 4. The highest BCUT2D eigenvalue weighted by molar-refractivity contribution is 8.00. The van der Waals surface area contributed by atoms with E-state index < -0.39 is 41.1 Å². The fourth-order valence-corrected chi connectivity index (χ4v) is 8.05. The van der Waals surface area contributed by atoms with Crippen LogP contribution in [-0.4, -0.2) is 58.1 Å². The summed E-state index contributed by atoms with van der Waals surface area (Å²) in [6.07, 6.45) is -1.04. The lowest BCUT2D eigenvalue weighted by molar-refractivity contribution is -0.153. The van der Waals surface area contributed by atoms with Crippen LogP contribution in [-0.2, 0) is 23.9 Å². The Hall–Kier alpha value is -5.35. The van der Waals surface area contributed by atoms with E-state index in [9.17, 15) is 19.2 Å². The molecule has 7 rings (SSSR count). The van der Waals surface area contributed by atoms with Crippen LogP contribution in [0, 0.1) is 0 Å². The molecular weight excluding hydrogens is 651 g/mol. The number of carbonyl (C=O) groups is 4. The first kappa shape index (κ1) is 33.2. The van der Waals surface area contributed by atoms with Crippen molar-refractivity contribution in [2.75, 3.05) is 12.3 Å². The van der Waals surface area contributed by atoms with Crippen LogP contribution in [0.4, 0.5) is 4.79 Å². The van der Waals surface area contributed by atoms with Gasteiger partial charge in [-0.3, -0.25) is 14.5 Å². The molecule has 10 heteroatoms. The summed E-state index contributed by atoms with van der Waals surface area (Å²) in [6, 6.07) is 31.7. The van der Waals surface area contributed by atoms with Crippen molar-refractivity contribution < 1.29 is 28.7 Å². The first-order valence-electron chi connectivity index (χ1n) is 16.6. The maximum atomic E-state index is 14.8. The highest BCUT2D eigenvalue weighted by atomic mass is 32.2. The van der Waals surface area contributed by atoms with Gasteiger partial charge < -0.3 is 20.1 Å². The number of amides is 3. The number of carbonyl (C=O) groups excluding carboxylic acids is 4. The van der Waals surface area contributed by atoms with Crippen molar-refractivity contribution in [1.82, 2.24) is 15.5 Å². The zero-order valence-electron chi connectivity index (χ0n) is 28.0. The fraction of sp³-hybridized carbons (Fsp3) is 0.250. The van der Waals surface area contributed by atoms with Crippen molar-refractivity contribution in [2.24, 2.45) is 0 Å². The quantitative estimate of drug-likeness (QED) is 0.129. The lowest BCUT2D eigenvalue weighted by Gasteiger charge is -2.50.